The van der Waals surface area contributed by atoms with Gasteiger partial charge in [-0.3, -0.25) is 0 Å². The van der Waals surface area contributed by atoms with Crippen molar-refractivity contribution in [2.75, 3.05) is 0 Å². The minimum absolute atomic E-state index is 0.0514. The van der Waals surface area contributed by atoms with Crippen molar-refractivity contribution in [3.05, 3.63) is 47.5 Å². The van der Waals surface area contributed by atoms with E-state index in [2.05, 4.69) is 21.0 Å². The van der Waals surface area contributed by atoms with E-state index in [9.17, 15) is 0 Å². The maximum atomic E-state index is 6.64. The van der Waals surface area contributed by atoms with Gasteiger partial charge in [0.15, 0.2) is 0 Å². The lowest BCUT2D eigenvalue weighted by atomic mass is 9.82. The summed E-state index contributed by atoms with van der Waals surface area (Å²) in [6.07, 6.45) is 9.80. The number of nitrogens with zero attached hydrogens (tertiary/aromatic N) is 2. The monoisotopic (exact) mass is 340 g/mol. The summed E-state index contributed by atoms with van der Waals surface area (Å²) in [5.74, 6) is 0.499. The molecule has 1 atom stereocenters. The van der Waals surface area contributed by atoms with Crippen molar-refractivity contribution in [1.29, 1.82) is 0 Å². The number of hydrogen-bond donors (Lipinski definition) is 2. The average molecular weight is 341 g/mol. The summed E-state index contributed by atoms with van der Waals surface area (Å²) >= 11 is 6.17. The highest BCUT2D eigenvalue weighted by atomic mass is 35.5. The van der Waals surface area contributed by atoms with Crippen LogP contribution in [-0.4, -0.2) is 15.0 Å². The lowest BCUT2D eigenvalue weighted by molar-refractivity contribution is 0.306. The Bertz CT molecular complexity index is 851. The molecule has 0 saturated heterocycles. The van der Waals surface area contributed by atoms with E-state index in [-0.39, 0.29) is 6.04 Å². The third-order valence-corrected chi connectivity index (χ3v) is 5.34. The van der Waals surface area contributed by atoms with Crippen molar-refractivity contribution in [3.8, 4) is 11.1 Å². The molecule has 0 bridgehead atoms. The van der Waals surface area contributed by atoms with Gasteiger partial charge in [-0.25, -0.2) is 9.97 Å². The molecule has 1 fully saturated rings. The minimum atomic E-state index is -0.0514. The van der Waals surface area contributed by atoms with Crippen LogP contribution in [0.4, 0.5) is 0 Å². The molecular weight excluding hydrogens is 320 g/mol. The Morgan fingerprint density at radius 3 is 2.79 bits per heavy atom. The molecule has 0 spiro atoms. The molecule has 124 valence electrons. The maximum absolute atomic E-state index is 6.64. The van der Waals surface area contributed by atoms with Crippen molar-refractivity contribution < 1.29 is 0 Å². The van der Waals surface area contributed by atoms with Gasteiger partial charge in [0.05, 0.1) is 11.7 Å². The van der Waals surface area contributed by atoms with Gasteiger partial charge in [-0.1, -0.05) is 43.0 Å². The Kier molecular flexibility index (Phi) is 4.25. The van der Waals surface area contributed by atoms with Crippen molar-refractivity contribution in [1.82, 2.24) is 15.0 Å². The zero-order valence-electron chi connectivity index (χ0n) is 13.5. The molecule has 0 radical (unpaired) electrons. The summed E-state index contributed by atoms with van der Waals surface area (Å²) in [5, 5.41) is 1.75. The summed E-state index contributed by atoms with van der Waals surface area (Å²) in [7, 11) is 0. The van der Waals surface area contributed by atoms with Crippen LogP contribution >= 0.6 is 11.6 Å². The molecule has 1 saturated carbocycles. The number of halogens is 1. The lowest BCUT2D eigenvalue weighted by Crippen LogP contribution is -2.24. The zero-order valence-corrected chi connectivity index (χ0v) is 14.3. The van der Waals surface area contributed by atoms with Crippen LogP contribution in [0, 0.1) is 5.92 Å². The Labute approximate surface area is 146 Å². The molecule has 1 aromatic carbocycles. The number of fused-ring (bicyclic) bond motifs is 1. The first-order valence-electron chi connectivity index (χ1n) is 8.57. The predicted molar refractivity (Wildman–Crippen MR) is 97.8 cm³/mol. The molecule has 24 heavy (non-hydrogen) atoms. The number of nitrogens with one attached hydrogen (secondary N) is 1. The molecule has 0 aliphatic heterocycles. The van der Waals surface area contributed by atoms with Crippen LogP contribution in [0.15, 0.2) is 36.8 Å². The Morgan fingerprint density at radius 1 is 1.17 bits per heavy atom. The third kappa shape index (κ3) is 2.80. The van der Waals surface area contributed by atoms with E-state index >= 15 is 0 Å². The van der Waals surface area contributed by atoms with Gasteiger partial charge < -0.3 is 10.7 Å². The van der Waals surface area contributed by atoms with E-state index in [0.29, 0.717) is 5.92 Å². The highest BCUT2D eigenvalue weighted by Gasteiger charge is 2.26. The van der Waals surface area contributed by atoms with Gasteiger partial charge in [0.1, 0.15) is 12.0 Å². The average Bonchev–Trinajstić information content (AvgIpc) is 3.06. The summed E-state index contributed by atoms with van der Waals surface area (Å²) in [5.41, 5.74) is 10.5. The van der Waals surface area contributed by atoms with E-state index in [1.807, 2.05) is 24.4 Å². The van der Waals surface area contributed by atoms with Gasteiger partial charge in [-0.15, -0.1) is 0 Å². The number of aromatic amines is 1. The first-order chi connectivity index (χ1) is 11.7. The third-order valence-electron chi connectivity index (χ3n) is 5.11. The SMILES string of the molecule is NC(c1ncnc2[nH]cc(-c3cccc(Cl)c3)c12)C1CCCCC1. The van der Waals surface area contributed by atoms with Crippen molar-refractivity contribution in [3.63, 3.8) is 0 Å². The highest BCUT2D eigenvalue weighted by molar-refractivity contribution is 6.30. The van der Waals surface area contributed by atoms with Crippen molar-refractivity contribution >= 4 is 22.6 Å². The minimum Gasteiger partial charge on any atom is -0.345 e. The molecule has 1 aliphatic carbocycles. The number of rotatable bonds is 3. The van der Waals surface area contributed by atoms with Gasteiger partial charge in [0.25, 0.3) is 0 Å². The smallest absolute Gasteiger partial charge is 0.141 e. The molecule has 5 heteroatoms. The first-order valence-corrected chi connectivity index (χ1v) is 8.95. The van der Waals surface area contributed by atoms with Crippen LogP contribution in [0.25, 0.3) is 22.2 Å². The number of H-pyrrole nitrogens is 1. The van der Waals surface area contributed by atoms with Gasteiger partial charge in [-0.05, 0) is 36.5 Å². The second kappa shape index (κ2) is 6.54. The molecule has 2 aromatic heterocycles. The zero-order chi connectivity index (χ0) is 16.5. The molecule has 1 unspecified atom stereocenters. The van der Waals surface area contributed by atoms with Gasteiger partial charge >= 0.3 is 0 Å². The molecule has 1 aliphatic rings. The molecule has 0 amide bonds. The normalized spacial score (nSPS) is 17.2. The summed E-state index contributed by atoms with van der Waals surface area (Å²) < 4.78 is 0. The largest absolute Gasteiger partial charge is 0.345 e. The Morgan fingerprint density at radius 2 is 2.00 bits per heavy atom. The Balaban J connectivity index is 1.82. The van der Waals surface area contributed by atoms with Crippen LogP contribution in [-0.2, 0) is 0 Å². The van der Waals surface area contributed by atoms with Crippen LogP contribution in [0.1, 0.15) is 43.8 Å². The van der Waals surface area contributed by atoms with E-state index in [1.165, 1.54) is 32.1 Å². The predicted octanol–water partition coefficient (Wildman–Crippen LogP) is 4.86. The molecule has 4 nitrogen and oxygen atoms in total. The molecule has 3 N–H and O–H groups in total. The van der Waals surface area contributed by atoms with Gasteiger partial charge in [0.2, 0.25) is 0 Å². The van der Waals surface area contributed by atoms with Gasteiger partial charge in [0, 0.05) is 22.2 Å². The second-order valence-electron chi connectivity index (χ2n) is 6.62. The molecular formula is C19H21ClN4. The van der Waals surface area contributed by atoms with Crippen LogP contribution < -0.4 is 5.73 Å². The van der Waals surface area contributed by atoms with E-state index in [1.54, 1.807) is 6.33 Å². The number of hydrogen-bond acceptors (Lipinski definition) is 3. The quantitative estimate of drug-likeness (QED) is 0.715. The maximum Gasteiger partial charge on any atom is 0.141 e. The number of benzene rings is 1. The summed E-state index contributed by atoms with van der Waals surface area (Å²) in [6.45, 7) is 0. The second-order valence-corrected chi connectivity index (χ2v) is 7.06. The number of nitrogens with two attached hydrogens (primary N) is 1. The topological polar surface area (TPSA) is 67.6 Å². The fourth-order valence-corrected chi connectivity index (χ4v) is 4.03. The highest BCUT2D eigenvalue weighted by Crippen LogP contribution is 2.37. The molecule has 4 rings (SSSR count). The van der Waals surface area contributed by atoms with Crippen LogP contribution in [0.5, 0.6) is 0 Å². The fourth-order valence-electron chi connectivity index (χ4n) is 3.84. The summed E-state index contributed by atoms with van der Waals surface area (Å²) in [4.78, 5) is 12.2. The molecule has 2 heterocycles. The van der Waals surface area contributed by atoms with Crippen LogP contribution in [0.3, 0.4) is 0 Å². The summed E-state index contributed by atoms with van der Waals surface area (Å²) in [6, 6.07) is 7.81. The van der Waals surface area contributed by atoms with E-state index < -0.39 is 0 Å². The number of aromatic nitrogens is 3. The van der Waals surface area contributed by atoms with E-state index in [4.69, 9.17) is 17.3 Å². The fraction of sp³-hybridized carbons (Fsp3) is 0.368. The van der Waals surface area contributed by atoms with Gasteiger partial charge in [-0.2, -0.15) is 0 Å². The van der Waals surface area contributed by atoms with E-state index in [0.717, 1.165) is 32.9 Å². The van der Waals surface area contributed by atoms with Crippen molar-refractivity contribution in [2.24, 2.45) is 11.7 Å². The lowest BCUT2D eigenvalue weighted by Gasteiger charge is -2.27. The van der Waals surface area contributed by atoms with Crippen molar-refractivity contribution in [2.45, 2.75) is 38.1 Å². The Hall–Kier alpha value is -1.91. The first kappa shape index (κ1) is 15.6. The standard InChI is InChI=1S/C19H21ClN4/c20-14-8-4-7-13(9-14)15-10-22-19-16(15)18(23-11-24-19)17(21)12-5-2-1-3-6-12/h4,7-12,17H,1-3,5-6,21H2,(H,22,23,24). The molecule has 3 aromatic rings. The van der Waals surface area contributed by atoms with Crippen LogP contribution in [0.2, 0.25) is 5.02 Å².